The fourth-order valence-corrected chi connectivity index (χ4v) is 3.17. The summed E-state index contributed by atoms with van der Waals surface area (Å²) in [5, 5.41) is 4.13. The van der Waals surface area contributed by atoms with E-state index in [2.05, 4.69) is 38.2 Å². The van der Waals surface area contributed by atoms with Gasteiger partial charge in [0.2, 0.25) is 0 Å². The molecule has 2 aromatic carbocycles. The Morgan fingerprint density at radius 2 is 1.80 bits per heavy atom. The van der Waals surface area contributed by atoms with E-state index >= 15 is 0 Å². The molecule has 1 unspecified atom stereocenters. The summed E-state index contributed by atoms with van der Waals surface area (Å²) in [5.41, 5.74) is 6.11. The third-order valence-corrected chi connectivity index (χ3v) is 3.98. The molecule has 0 aliphatic carbocycles. The molecule has 20 heavy (non-hydrogen) atoms. The highest BCUT2D eigenvalue weighted by Crippen LogP contribution is 2.37. The van der Waals surface area contributed by atoms with Crippen molar-refractivity contribution in [2.24, 2.45) is 0 Å². The molecule has 2 nitrogen and oxygen atoms in total. The van der Waals surface area contributed by atoms with Gasteiger partial charge >= 0.3 is 0 Å². The molecule has 1 atom stereocenters. The van der Waals surface area contributed by atoms with Crippen molar-refractivity contribution in [2.45, 2.75) is 26.9 Å². The van der Waals surface area contributed by atoms with E-state index in [-0.39, 0.29) is 6.10 Å². The highest BCUT2D eigenvalue weighted by Gasteiger charge is 2.23. The third-order valence-electron chi connectivity index (χ3n) is 3.75. The number of rotatable bonds is 1. The Labute approximate surface area is 124 Å². The van der Waals surface area contributed by atoms with Gasteiger partial charge in [0.1, 0.15) is 11.9 Å². The number of ether oxygens (including phenoxy) is 1. The zero-order chi connectivity index (χ0) is 14.3. The topological polar surface area (TPSA) is 21.3 Å². The molecule has 1 heterocycles. The lowest BCUT2D eigenvalue weighted by Crippen LogP contribution is -2.25. The van der Waals surface area contributed by atoms with Crippen molar-refractivity contribution < 1.29 is 4.74 Å². The van der Waals surface area contributed by atoms with Gasteiger partial charge in [-0.1, -0.05) is 29.3 Å². The summed E-state index contributed by atoms with van der Waals surface area (Å²) in [7, 11) is 0. The number of halogens is 1. The first-order chi connectivity index (χ1) is 9.54. The molecule has 0 aromatic heterocycles. The SMILES string of the molecule is Cc1cc(C)c(C2CNc3cc(Cl)ccc3O2)c(C)c1. The second kappa shape index (κ2) is 5.02. The maximum atomic E-state index is 6.15. The summed E-state index contributed by atoms with van der Waals surface area (Å²) in [6, 6.07) is 10.1. The van der Waals surface area contributed by atoms with Crippen molar-refractivity contribution in [1.82, 2.24) is 0 Å². The van der Waals surface area contributed by atoms with Crippen molar-refractivity contribution in [3.8, 4) is 5.75 Å². The van der Waals surface area contributed by atoms with E-state index in [9.17, 15) is 0 Å². The van der Waals surface area contributed by atoms with Crippen LogP contribution in [0.4, 0.5) is 5.69 Å². The van der Waals surface area contributed by atoms with Crippen LogP contribution in [0.2, 0.25) is 5.02 Å². The first kappa shape index (κ1) is 13.3. The second-order valence-corrected chi connectivity index (χ2v) is 5.88. The molecule has 2 aromatic rings. The van der Waals surface area contributed by atoms with Crippen LogP contribution in [-0.2, 0) is 0 Å². The highest BCUT2D eigenvalue weighted by molar-refractivity contribution is 6.30. The molecular weight excluding hydrogens is 270 g/mol. The van der Waals surface area contributed by atoms with Crippen molar-refractivity contribution in [1.29, 1.82) is 0 Å². The lowest BCUT2D eigenvalue weighted by molar-refractivity contribution is 0.209. The Morgan fingerprint density at radius 3 is 2.50 bits per heavy atom. The van der Waals surface area contributed by atoms with Gasteiger partial charge in [-0.05, 0) is 55.7 Å². The van der Waals surface area contributed by atoms with E-state index in [1.165, 1.54) is 22.3 Å². The van der Waals surface area contributed by atoms with E-state index in [0.717, 1.165) is 23.0 Å². The van der Waals surface area contributed by atoms with Crippen molar-refractivity contribution in [2.75, 3.05) is 11.9 Å². The van der Waals surface area contributed by atoms with Crippen LogP contribution in [0.15, 0.2) is 30.3 Å². The Kier molecular flexibility index (Phi) is 3.35. The average Bonchev–Trinajstić information content (AvgIpc) is 2.37. The van der Waals surface area contributed by atoms with Crippen molar-refractivity contribution >= 4 is 17.3 Å². The van der Waals surface area contributed by atoms with E-state index in [4.69, 9.17) is 16.3 Å². The van der Waals surface area contributed by atoms with Crippen molar-refractivity contribution in [3.63, 3.8) is 0 Å². The predicted octanol–water partition coefficient (Wildman–Crippen LogP) is 4.81. The van der Waals surface area contributed by atoms with Gasteiger partial charge < -0.3 is 10.1 Å². The number of nitrogens with one attached hydrogen (secondary N) is 1. The molecule has 1 aliphatic rings. The summed E-state index contributed by atoms with van der Waals surface area (Å²) in [5.74, 6) is 0.866. The molecule has 0 radical (unpaired) electrons. The monoisotopic (exact) mass is 287 g/mol. The standard InChI is InChI=1S/C17H18ClNO/c1-10-6-11(2)17(12(3)7-10)16-9-19-14-8-13(18)4-5-15(14)20-16/h4-8,16,19H,9H2,1-3H3. The van der Waals surface area contributed by atoms with Gasteiger partial charge in [-0.3, -0.25) is 0 Å². The van der Waals surface area contributed by atoms with Crippen LogP contribution < -0.4 is 10.1 Å². The maximum absolute atomic E-state index is 6.15. The fourth-order valence-electron chi connectivity index (χ4n) is 3.00. The van der Waals surface area contributed by atoms with Crippen LogP contribution >= 0.6 is 11.6 Å². The molecular formula is C17H18ClNO. The molecule has 3 rings (SSSR count). The second-order valence-electron chi connectivity index (χ2n) is 5.44. The van der Waals surface area contributed by atoms with E-state index in [1.54, 1.807) is 0 Å². The first-order valence-corrected chi connectivity index (χ1v) is 7.20. The summed E-state index contributed by atoms with van der Waals surface area (Å²) < 4.78 is 6.15. The summed E-state index contributed by atoms with van der Waals surface area (Å²) in [4.78, 5) is 0. The molecule has 0 amide bonds. The summed E-state index contributed by atoms with van der Waals surface area (Å²) >= 11 is 6.00. The molecule has 1 aliphatic heterocycles. The first-order valence-electron chi connectivity index (χ1n) is 6.82. The molecule has 0 spiro atoms. The molecule has 0 saturated heterocycles. The molecule has 3 heteroatoms. The van der Waals surface area contributed by atoms with Gasteiger partial charge in [0.15, 0.2) is 0 Å². The zero-order valence-electron chi connectivity index (χ0n) is 12.0. The van der Waals surface area contributed by atoms with E-state index in [1.807, 2.05) is 18.2 Å². The number of anilines is 1. The van der Waals surface area contributed by atoms with Gasteiger partial charge in [0, 0.05) is 5.02 Å². The molecule has 0 fully saturated rings. The zero-order valence-corrected chi connectivity index (χ0v) is 12.7. The van der Waals surface area contributed by atoms with Gasteiger partial charge in [-0.15, -0.1) is 0 Å². The molecule has 104 valence electrons. The largest absolute Gasteiger partial charge is 0.482 e. The van der Waals surface area contributed by atoms with E-state index < -0.39 is 0 Å². The maximum Gasteiger partial charge on any atom is 0.143 e. The molecule has 1 N–H and O–H groups in total. The van der Waals surface area contributed by atoms with Gasteiger partial charge in [0.25, 0.3) is 0 Å². The van der Waals surface area contributed by atoms with Crippen LogP contribution in [0.25, 0.3) is 0 Å². The number of fused-ring (bicyclic) bond motifs is 1. The van der Waals surface area contributed by atoms with Gasteiger partial charge in [-0.2, -0.15) is 0 Å². The number of hydrogen-bond acceptors (Lipinski definition) is 2. The highest BCUT2D eigenvalue weighted by atomic mass is 35.5. The van der Waals surface area contributed by atoms with Crippen LogP contribution in [0.1, 0.15) is 28.4 Å². The van der Waals surface area contributed by atoms with Crippen molar-refractivity contribution in [3.05, 3.63) is 57.6 Å². The lowest BCUT2D eigenvalue weighted by Gasteiger charge is -2.30. The quantitative estimate of drug-likeness (QED) is 0.812. The van der Waals surface area contributed by atoms with Crippen LogP contribution in [0.3, 0.4) is 0 Å². The summed E-state index contributed by atoms with van der Waals surface area (Å²) in [6.07, 6.45) is 0.0456. The number of aryl methyl sites for hydroxylation is 3. The Balaban J connectivity index is 1.96. The van der Waals surface area contributed by atoms with Crippen LogP contribution in [0.5, 0.6) is 5.75 Å². The fraction of sp³-hybridized carbons (Fsp3) is 0.294. The Hall–Kier alpha value is -1.67. The third kappa shape index (κ3) is 2.36. The molecule has 0 bridgehead atoms. The minimum atomic E-state index is 0.0456. The average molecular weight is 288 g/mol. The van der Waals surface area contributed by atoms with Gasteiger partial charge in [-0.25, -0.2) is 0 Å². The van der Waals surface area contributed by atoms with Crippen LogP contribution in [0, 0.1) is 20.8 Å². The van der Waals surface area contributed by atoms with Gasteiger partial charge in [0.05, 0.1) is 12.2 Å². The lowest BCUT2D eigenvalue weighted by atomic mass is 9.95. The summed E-state index contributed by atoms with van der Waals surface area (Å²) in [6.45, 7) is 7.19. The molecule has 0 saturated carbocycles. The number of benzene rings is 2. The van der Waals surface area contributed by atoms with E-state index in [0.29, 0.717) is 0 Å². The minimum Gasteiger partial charge on any atom is -0.482 e. The normalized spacial score (nSPS) is 17.1. The number of hydrogen-bond donors (Lipinski definition) is 1. The Morgan fingerprint density at radius 1 is 1.10 bits per heavy atom. The smallest absolute Gasteiger partial charge is 0.143 e. The van der Waals surface area contributed by atoms with Crippen LogP contribution in [-0.4, -0.2) is 6.54 Å². The predicted molar refractivity (Wildman–Crippen MR) is 84.0 cm³/mol. The Bertz CT molecular complexity index is 643. The minimum absolute atomic E-state index is 0.0456.